The first-order valence-corrected chi connectivity index (χ1v) is 16.7. The molecule has 7 aromatic carbocycles. The van der Waals surface area contributed by atoms with Crippen molar-refractivity contribution in [1.29, 1.82) is 0 Å². The first-order chi connectivity index (χ1) is 23.4. The van der Waals surface area contributed by atoms with E-state index in [0.29, 0.717) is 0 Å². The number of ether oxygens (including phenoxy) is 2. The van der Waals surface area contributed by atoms with Crippen molar-refractivity contribution in [2.75, 3.05) is 4.90 Å². The van der Waals surface area contributed by atoms with Crippen LogP contribution in [0.4, 0.5) is 17.1 Å². The largest absolute Gasteiger partial charge is 0.458 e. The predicted molar refractivity (Wildman–Crippen MR) is 199 cm³/mol. The van der Waals surface area contributed by atoms with E-state index >= 15 is 0 Å². The van der Waals surface area contributed by atoms with E-state index in [0.717, 1.165) is 51.1 Å². The molecule has 0 fully saturated rings. The lowest BCUT2D eigenvalue weighted by Gasteiger charge is -2.34. The van der Waals surface area contributed by atoms with E-state index in [9.17, 15) is 0 Å². The van der Waals surface area contributed by atoms with E-state index in [4.69, 9.17) is 9.47 Å². The highest BCUT2D eigenvalue weighted by atomic mass is 16.5. The van der Waals surface area contributed by atoms with Gasteiger partial charge in [-0.1, -0.05) is 80.6 Å². The summed E-state index contributed by atoms with van der Waals surface area (Å²) in [4.78, 5) is 2.33. The molecule has 0 atom stereocenters. The maximum absolute atomic E-state index is 6.76. The normalized spacial score (nSPS) is 14.2. The van der Waals surface area contributed by atoms with E-state index in [1.54, 1.807) is 0 Å². The minimum atomic E-state index is -0.191. The molecule has 0 unspecified atom stereocenters. The van der Waals surface area contributed by atoms with Gasteiger partial charge >= 0.3 is 0 Å². The van der Waals surface area contributed by atoms with Crippen LogP contribution in [0, 0.1) is 6.92 Å². The minimum Gasteiger partial charge on any atom is -0.458 e. The van der Waals surface area contributed by atoms with Crippen molar-refractivity contribution in [3.05, 3.63) is 156 Å². The molecule has 1 aliphatic carbocycles. The molecule has 10 rings (SSSR count). The Labute approximate surface area is 281 Å². The fourth-order valence-electron chi connectivity index (χ4n) is 8.27. The zero-order valence-corrected chi connectivity index (χ0v) is 27.1. The van der Waals surface area contributed by atoms with Crippen molar-refractivity contribution in [3.63, 3.8) is 0 Å². The topological polar surface area (TPSA) is 21.7 Å². The molecule has 2 aliphatic heterocycles. The Kier molecular flexibility index (Phi) is 5.64. The Balaban J connectivity index is 1.13. The van der Waals surface area contributed by atoms with Gasteiger partial charge in [-0.15, -0.1) is 0 Å². The van der Waals surface area contributed by atoms with Crippen molar-refractivity contribution in [3.8, 4) is 34.1 Å². The van der Waals surface area contributed by atoms with Crippen molar-refractivity contribution >= 4 is 50.9 Å². The van der Waals surface area contributed by atoms with Crippen LogP contribution in [-0.4, -0.2) is 6.71 Å². The van der Waals surface area contributed by atoms with Crippen LogP contribution in [0.25, 0.3) is 21.9 Å². The molecule has 4 heteroatoms. The van der Waals surface area contributed by atoms with Gasteiger partial charge in [0.1, 0.15) is 23.0 Å². The van der Waals surface area contributed by atoms with Crippen LogP contribution in [0.3, 0.4) is 0 Å². The van der Waals surface area contributed by atoms with Gasteiger partial charge in [-0.05, 0) is 129 Å². The lowest BCUT2D eigenvalue weighted by atomic mass is 9.34. The first-order valence-electron chi connectivity index (χ1n) is 16.7. The summed E-state index contributed by atoms with van der Waals surface area (Å²) in [6, 6.07) is 50.3. The summed E-state index contributed by atoms with van der Waals surface area (Å²) >= 11 is 0. The Morgan fingerprint density at radius 2 is 1.12 bits per heavy atom. The summed E-state index contributed by atoms with van der Waals surface area (Å²) in [5.41, 5.74) is 13.1. The first kappa shape index (κ1) is 27.4. The minimum absolute atomic E-state index is 0.0534. The zero-order valence-electron chi connectivity index (χ0n) is 27.1. The number of hydrogen-bond acceptors (Lipinski definition) is 3. The van der Waals surface area contributed by atoms with Gasteiger partial charge in [0, 0.05) is 27.9 Å². The van der Waals surface area contributed by atoms with Crippen molar-refractivity contribution < 1.29 is 9.47 Å². The molecule has 0 N–H and O–H groups in total. The number of hydrogen-bond donors (Lipinski definition) is 0. The molecule has 48 heavy (non-hydrogen) atoms. The summed E-state index contributed by atoms with van der Waals surface area (Å²) in [5, 5.41) is 2.46. The van der Waals surface area contributed by atoms with Gasteiger partial charge in [0.15, 0.2) is 0 Å². The fraction of sp³-hybridized carbons (Fsp3) is 0.0909. The number of rotatable bonds is 3. The SMILES string of the molecule is Cc1cc2c3c(c1)Oc1cc4c(cc1B3c1ccccc1O2)C(C)(C)c1cc2cc(N(c3ccccc3)c3ccccc3)ccc2cc1-4. The third-order valence-corrected chi connectivity index (χ3v) is 10.6. The summed E-state index contributed by atoms with van der Waals surface area (Å²) in [5.74, 6) is 3.64. The van der Waals surface area contributed by atoms with Crippen LogP contribution in [0.1, 0.15) is 30.5 Å². The van der Waals surface area contributed by atoms with Crippen molar-refractivity contribution in [2.45, 2.75) is 26.2 Å². The number of para-hydroxylation sites is 3. The molecule has 7 aromatic rings. The van der Waals surface area contributed by atoms with E-state index in [2.05, 4.69) is 165 Å². The van der Waals surface area contributed by atoms with E-state index < -0.39 is 0 Å². The molecule has 2 heterocycles. The molecule has 228 valence electrons. The van der Waals surface area contributed by atoms with E-state index in [1.165, 1.54) is 44.0 Å². The number of fused-ring (bicyclic) bond motifs is 8. The van der Waals surface area contributed by atoms with Crippen molar-refractivity contribution in [2.24, 2.45) is 0 Å². The highest BCUT2D eigenvalue weighted by Crippen LogP contribution is 2.52. The highest BCUT2D eigenvalue weighted by molar-refractivity contribution is 6.98. The summed E-state index contributed by atoms with van der Waals surface area (Å²) in [7, 11) is 0. The molecule has 3 aliphatic rings. The van der Waals surface area contributed by atoms with Gasteiger partial charge in [0.2, 0.25) is 0 Å². The predicted octanol–water partition coefficient (Wildman–Crippen LogP) is 9.65. The van der Waals surface area contributed by atoms with Gasteiger partial charge in [0.25, 0.3) is 6.71 Å². The highest BCUT2D eigenvalue weighted by Gasteiger charge is 2.43. The number of anilines is 3. The molecule has 0 radical (unpaired) electrons. The van der Waals surface area contributed by atoms with E-state index in [1.807, 2.05) is 0 Å². The molecule has 0 aromatic heterocycles. The molecule has 0 bridgehead atoms. The van der Waals surface area contributed by atoms with Crippen LogP contribution in [-0.2, 0) is 5.41 Å². The number of aryl methyl sites for hydroxylation is 1. The van der Waals surface area contributed by atoms with Crippen molar-refractivity contribution in [1.82, 2.24) is 0 Å². The van der Waals surface area contributed by atoms with Gasteiger partial charge in [0.05, 0.1) is 0 Å². The Hall–Kier alpha value is -5.74. The van der Waals surface area contributed by atoms with Crippen LogP contribution in [0.2, 0.25) is 0 Å². The lowest BCUT2D eigenvalue weighted by Crippen LogP contribution is -2.57. The average Bonchev–Trinajstić information content (AvgIpc) is 3.31. The monoisotopic (exact) mass is 617 g/mol. The van der Waals surface area contributed by atoms with Crippen LogP contribution < -0.4 is 30.8 Å². The average molecular weight is 618 g/mol. The third kappa shape index (κ3) is 3.89. The smallest absolute Gasteiger partial charge is 0.260 e. The zero-order chi connectivity index (χ0) is 32.1. The van der Waals surface area contributed by atoms with E-state index in [-0.39, 0.29) is 12.1 Å². The second kappa shape index (κ2) is 9.89. The maximum atomic E-state index is 6.76. The fourth-order valence-corrected chi connectivity index (χ4v) is 8.27. The van der Waals surface area contributed by atoms with Gasteiger partial charge in [-0.3, -0.25) is 0 Å². The third-order valence-electron chi connectivity index (χ3n) is 10.6. The standard InChI is InChI=1S/C44H32BNO2/c1-27-20-41-43-42(21-27)48-40-25-34-33-23-28-18-19-32(46(30-12-6-4-7-13-30)31-14-8-5-9-15-31)22-29(28)24-35(33)44(2,3)36(34)26-38(40)45(43)37-16-10-11-17-39(37)47-41/h4-26H,1-3H3. The quantitative estimate of drug-likeness (QED) is 0.184. The van der Waals surface area contributed by atoms with Crippen LogP contribution >= 0.6 is 0 Å². The number of benzene rings is 7. The molecule has 0 amide bonds. The summed E-state index contributed by atoms with van der Waals surface area (Å²) < 4.78 is 13.2. The molecular weight excluding hydrogens is 585 g/mol. The molecule has 3 nitrogen and oxygen atoms in total. The Bertz CT molecular complexity index is 2410. The molecule has 0 saturated carbocycles. The molecule has 0 spiro atoms. The lowest BCUT2D eigenvalue weighted by molar-refractivity contribution is 0.463. The number of nitrogens with zero attached hydrogens (tertiary/aromatic N) is 1. The summed E-state index contributed by atoms with van der Waals surface area (Å²) in [6.07, 6.45) is 0. The summed E-state index contributed by atoms with van der Waals surface area (Å²) in [6.45, 7) is 6.89. The second-order valence-corrected chi connectivity index (χ2v) is 13.8. The maximum Gasteiger partial charge on any atom is 0.260 e. The van der Waals surface area contributed by atoms with Crippen LogP contribution in [0.5, 0.6) is 23.0 Å². The molecular formula is C44H32BNO2. The van der Waals surface area contributed by atoms with Gasteiger partial charge in [-0.2, -0.15) is 0 Å². The second-order valence-electron chi connectivity index (χ2n) is 13.8. The Morgan fingerprint density at radius 3 is 1.85 bits per heavy atom. The molecule has 0 saturated heterocycles. The van der Waals surface area contributed by atoms with Gasteiger partial charge in [-0.25, -0.2) is 0 Å². The van der Waals surface area contributed by atoms with Crippen LogP contribution in [0.15, 0.2) is 140 Å². The van der Waals surface area contributed by atoms with Gasteiger partial charge < -0.3 is 14.4 Å². The Morgan fingerprint density at radius 1 is 0.500 bits per heavy atom.